The van der Waals surface area contributed by atoms with Crippen molar-refractivity contribution in [2.45, 2.75) is 32.0 Å². The summed E-state index contributed by atoms with van der Waals surface area (Å²) in [5.74, 6) is 0.877. The van der Waals surface area contributed by atoms with E-state index in [1.807, 2.05) is 35.2 Å². The lowest BCUT2D eigenvalue weighted by Crippen LogP contribution is -2.45. The van der Waals surface area contributed by atoms with Gasteiger partial charge in [-0.15, -0.1) is 0 Å². The van der Waals surface area contributed by atoms with E-state index in [4.69, 9.17) is 9.47 Å². The molecule has 2 rings (SSSR count). The van der Waals surface area contributed by atoms with Crippen LogP contribution < -0.4 is 4.74 Å². The van der Waals surface area contributed by atoms with Crippen molar-refractivity contribution < 1.29 is 14.3 Å². The Bertz CT molecular complexity index is 430. The number of benzene rings is 1. The van der Waals surface area contributed by atoms with Crippen molar-refractivity contribution in [2.24, 2.45) is 0 Å². The molecule has 4 heteroatoms. The molecule has 0 bridgehead atoms. The van der Waals surface area contributed by atoms with Crippen molar-refractivity contribution in [3.63, 3.8) is 0 Å². The molecule has 1 aliphatic heterocycles. The van der Waals surface area contributed by atoms with Gasteiger partial charge in [-0.2, -0.15) is 0 Å². The molecule has 1 atom stereocenters. The molecule has 1 aromatic carbocycles. The van der Waals surface area contributed by atoms with Crippen LogP contribution in [-0.4, -0.2) is 42.7 Å². The minimum Gasteiger partial charge on any atom is -0.489 e. The number of carbonyl (C=O) groups excluding carboxylic acids is 1. The van der Waals surface area contributed by atoms with Gasteiger partial charge in [-0.05, 0) is 26.0 Å². The Kier molecular flexibility index (Phi) is 4.10. The van der Waals surface area contributed by atoms with Crippen LogP contribution in [0, 0.1) is 0 Å². The van der Waals surface area contributed by atoms with E-state index in [9.17, 15) is 4.79 Å². The van der Waals surface area contributed by atoms with E-state index in [2.05, 4.69) is 0 Å². The second-order valence-electron chi connectivity index (χ2n) is 5.31. The standard InChI is InChI=1S/C15H21NO3/c1-15(2,18-3)14(17)16-10-9-13(11-16)19-12-7-5-4-6-8-12/h4-8,13H,9-11H2,1-3H3. The molecular weight excluding hydrogens is 242 g/mol. The average molecular weight is 263 g/mol. The number of hydrogen-bond acceptors (Lipinski definition) is 3. The molecule has 4 nitrogen and oxygen atoms in total. The smallest absolute Gasteiger partial charge is 0.254 e. The number of likely N-dealkylation sites (tertiary alicyclic amines) is 1. The zero-order chi connectivity index (χ0) is 13.9. The van der Waals surface area contributed by atoms with E-state index >= 15 is 0 Å². The summed E-state index contributed by atoms with van der Waals surface area (Å²) in [7, 11) is 1.56. The molecule has 0 saturated carbocycles. The Morgan fingerprint density at radius 1 is 1.32 bits per heavy atom. The third-order valence-corrected chi connectivity index (χ3v) is 3.50. The summed E-state index contributed by atoms with van der Waals surface area (Å²) in [5, 5.41) is 0. The molecule has 0 aromatic heterocycles. The second-order valence-corrected chi connectivity index (χ2v) is 5.31. The summed E-state index contributed by atoms with van der Waals surface area (Å²) < 4.78 is 11.1. The summed E-state index contributed by atoms with van der Waals surface area (Å²) in [5.41, 5.74) is -0.762. The van der Waals surface area contributed by atoms with Crippen molar-refractivity contribution >= 4 is 5.91 Å². The molecule has 104 valence electrons. The van der Waals surface area contributed by atoms with E-state index in [0.29, 0.717) is 6.54 Å². The van der Waals surface area contributed by atoms with E-state index in [0.717, 1.165) is 18.7 Å². The molecule has 0 spiro atoms. The van der Waals surface area contributed by atoms with Gasteiger partial charge in [0.25, 0.3) is 5.91 Å². The van der Waals surface area contributed by atoms with Gasteiger partial charge in [-0.25, -0.2) is 0 Å². The van der Waals surface area contributed by atoms with Gasteiger partial charge in [0.05, 0.1) is 6.54 Å². The van der Waals surface area contributed by atoms with Gasteiger partial charge in [0, 0.05) is 20.1 Å². The van der Waals surface area contributed by atoms with E-state index < -0.39 is 5.60 Å². The van der Waals surface area contributed by atoms with Gasteiger partial charge >= 0.3 is 0 Å². The Balaban J connectivity index is 1.92. The molecule has 0 radical (unpaired) electrons. The maximum atomic E-state index is 12.2. The first-order valence-electron chi connectivity index (χ1n) is 6.59. The van der Waals surface area contributed by atoms with Crippen LogP contribution >= 0.6 is 0 Å². The fourth-order valence-electron chi connectivity index (χ4n) is 2.17. The molecule has 1 amide bonds. The number of methoxy groups -OCH3 is 1. The first-order chi connectivity index (χ1) is 9.03. The van der Waals surface area contributed by atoms with Gasteiger partial charge in [0.1, 0.15) is 17.5 Å². The van der Waals surface area contributed by atoms with Gasteiger partial charge in [-0.3, -0.25) is 4.79 Å². The third-order valence-electron chi connectivity index (χ3n) is 3.50. The first kappa shape index (κ1) is 13.9. The van der Waals surface area contributed by atoms with E-state index in [1.165, 1.54) is 0 Å². The van der Waals surface area contributed by atoms with Crippen molar-refractivity contribution in [1.82, 2.24) is 4.90 Å². The maximum Gasteiger partial charge on any atom is 0.254 e. The van der Waals surface area contributed by atoms with Crippen LogP contribution in [0.1, 0.15) is 20.3 Å². The monoisotopic (exact) mass is 263 g/mol. The third kappa shape index (κ3) is 3.26. The molecule has 19 heavy (non-hydrogen) atoms. The number of rotatable bonds is 4. The molecule has 0 aliphatic carbocycles. The van der Waals surface area contributed by atoms with Crippen LogP contribution in [0.5, 0.6) is 5.75 Å². The Morgan fingerprint density at radius 3 is 2.63 bits per heavy atom. The van der Waals surface area contributed by atoms with Gasteiger partial charge < -0.3 is 14.4 Å². The molecule has 1 aliphatic rings. The van der Waals surface area contributed by atoms with Crippen molar-refractivity contribution in [2.75, 3.05) is 20.2 Å². The minimum atomic E-state index is -0.762. The number of carbonyl (C=O) groups is 1. The van der Waals surface area contributed by atoms with Crippen LogP contribution in [0.2, 0.25) is 0 Å². The van der Waals surface area contributed by atoms with Crippen LogP contribution in [0.25, 0.3) is 0 Å². The molecule has 1 fully saturated rings. The SMILES string of the molecule is COC(C)(C)C(=O)N1CCC(Oc2ccccc2)C1. The minimum absolute atomic E-state index is 0.0224. The fourth-order valence-corrected chi connectivity index (χ4v) is 2.17. The molecule has 0 N–H and O–H groups in total. The predicted octanol–water partition coefficient (Wildman–Crippen LogP) is 2.09. The lowest BCUT2D eigenvalue weighted by molar-refractivity contribution is -0.150. The topological polar surface area (TPSA) is 38.8 Å². The highest BCUT2D eigenvalue weighted by atomic mass is 16.5. The van der Waals surface area contributed by atoms with Gasteiger partial charge in [0.2, 0.25) is 0 Å². The van der Waals surface area contributed by atoms with Crippen molar-refractivity contribution in [3.8, 4) is 5.75 Å². The molecule has 1 saturated heterocycles. The molecule has 1 aromatic rings. The lowest BCUT2D eigenvalue weighted by Gasteiger charge is -2.27. The van der Waals surface area contributed by atoms with Gasteiger partial charge in [-0.1, -0.05) is 18.2 Å². The maximum absolute atomic E-state index is 12.2. The van der Waals surface area contributed by atoms with Crippen molar-refractivity contribution in [1.29, 1.82) is 0 Å². The lowest BCUT2D eigenvalue weighted by atomic mass is 10.1. The summed E-state index contributed by atoms with van der Waals surface area (Å²) in [6.45, 7) is 4.94. The number of hydrogen-bond donors (Lipinski definition) is 0. The first-order valence-corrected chi connectivity index (χ1v) is 6.59. The number of ether oxygens (including phenoxy) is 2. The highest BCUT2D eigenvalue weighted by molar-refractivity contribution is 5.84. The zero-order valence-electron chi connectivity index (χ0n) is 11.8. The summed E-state index contributed by atoms with van der Waals surface area (Å²) >= 11 is 0. The molecule has 1 heterocycles. The molecule has 1 unspecified atom stereocenters. The quantitative estimate of drug-likeness (QED) is 0.835. The van der Waals surface area contributed by atoms with Crippen LogP contribution in [-0.2, 0) is 9.53 Å². The predicted molar refractivity (Wildman–Crippen MR) is 73.1 cm³/mol. The summed E-state index contributed by atoms with van der Waals surface area (Å²) in [6.07, 6.45) is 0.930. The second kappa shape index (κ2) is 5.61. The highest BCUT2D eigenvalue weighted by Gasteiger charge is 2.36. The number of nitrogens with zero attached hydrogens (tertiary/aromatic N) is 1. The Hall–Kier alpha value is -1.55. The van der Waals surface area contributed by atoms with Crippen LogP contribution in [0.4, 0.5) is 0 Å². The van der Waals surface area contributed by atoms with Crippen LogP contribution in [0.15, 0.2) is 30.3 Å². The Labute approximate surface area is 114 Å². The normalized spacial score (nSPS) is 19.5. The summed E-state index contributed by atoms with van der Waals surface area (Å²) in [6, 6.07) is 9.72. The zero-order valence-corrected chi connectivity index (χ0v) is 11.8. The number of amides is 1. The molecular formula is C15H21NO3. The van der Waals surface area contributed by atoms with E-state index in [1.54, 1.807) is 21.0 Å². The number of para-hydroxylation sites is 1. The van der Waals surface area contributed by atoms with E-state index in [-0.39, 0.29) is 12.0 Å². The van der Waals surface area contributed by atoms with Gasteiger partial charge in [0.15, 0.2) is 0 Å². The average Bonchev–Trinajstić information content (AvgIpc) is 2.87. The van der Waals surface area contributed by atoms with Crippen LogP contribution in [0.3, 0.4) is 0 Å². The summed E-state index contributed by atoms with van der Waals surface area (Å²) in [4.78, 5) is 14.1. The fraction of sp³-hybridized carbons (Fsp3) is 0.533. The van der Waals surface area contributed by atoms with Crippen molar-refractivity contribution in [3.05, 3.63) is 30.3 Å². The largest absolute Gasteiger partial charge is 0.489 e. The highest BCUT2D eigenvalue weighted by Crippen LogP contribution is 2.21. The Morgan fingerprint density at radius 2 is 2.00 bits per heavy atom.